The molecule has 0 amide bonds. The average molecular weight is 604 g/mol. The quantitative estimate of drug-likeness (QED) is 0.194. The second-order valence-corrected chi connectivity index (χ2v) is 14.2. The first-order valence-corrected chi connectivity index (χ1v) is 16.7. The topological polar surface area (TPSA) is 3.24 Å². The van der Waals surface area contributed by atoms with Crippen molar-refractivity contribution < 1.29 is 0 Å². The Bertz CT molecular complexity index is 2350. The largest absolute Gasteiger partial charge is 0.309 e. The molecule has 226 valence electrons. The maximum absolute atomic E-state index is 2.55. The van der Waals surface area contributed by atoms with Crippen molar-refractivity contribution in [1.82, 2.24) is 0 Å². The van der Waals surface area contributed by atoms with Crippen molar-refractivity contribution in [2.75, 3.05) is 4.90 Å². The van der Waals surface area contributed by atoms with E-state index < -0.39 is 0 Å². The molecule has 0 saturated heterocycles. The summed E-state index contributed by atoms with van der Waals surface area (Å²) in [6.45, 7) is 9.61. The van der Waals surface area contributed by atoms with Gasteiger partial charge in [0.15, 0.2) is 0 Å². The van der Waals surface area contributed by atoms with Gasteiger partial charge in [-0.3, -0.25) is 0 Å². The molecule has 9 rings (SSSR count). The summed E-state index contributed by atoms with van der Waals surface area (Å²) >= 11 is 0. The van der Waals surface area contributed by atoms with Crippen LogP contribution in [0.25, 0.3) is 44.2 Å². The van der Waals surface area contributed by atoms with E-state index in [1.165, 1.54) is 83.5 Å². The van der Waals surface area contributed by atoms with Gasteiger partial charge in [0.05, 0.1) is 17.1 Å². The van der Waals surface area contributed by atoms with Crippen LogP contribution in [0.4, 0.5) is 17.1 Å². The molecule has 0 radical (unpaired) electrons. The molecule has 0 bridgehead atoms. The lowest BCUT2D eigenvalue weighted by atomic mass is 9.65. The summed E-state index contributed by atoms with van der Waals surface area (Å²) in [4.78, 5) is 2.55. The van der Waals surface area contributed by atoms with E-state index >= 15 is 0 Å². The maximum atomic E-state index is 2.55. The molecule has 1 heteroatoms. The normalized spacial score (nSPS) is 15.1. The fourth-order valence-corrected chi connectivity index (χ4v) is 8.24. The van der Waals surface area contributed by atoms with E-state index in [4.69, 9.17) is 0 Å². The van der Waals surface area contributed by atoms with Crippen LogP contribution in [0, 0.1) is 0 Å². The van der Waals surface area contributed by atoms with Crippen LogP contribution in [0.1, 0.15) is 49.9 Å². The van der Waals surface area contributed by atoms with Crippen molar-refractivity contribution in [3.63, 3.8) is 0 Å². The Morgan fingerprint density at radius 3 is 1.79 bits per heavy atom. The van der Waals surface area contributed by atoms with Crippen molar-refractivity contribution in [1.29, 1.82) is 0 Å². The Morgan fingerprint density at radius 2 is 0.957 bits per heavy atom. The lowest BCUT2D eigenvalue weighted by Crippen LogP contribution is -2.38. The summed E-state index contributed by atoms with van der Waals surface area (Å²) in [7, 11) is 0. The van der Waals surface area contributed by atoms with Crippen LogP contribution in [0.15, 0.2) is 152 Å². The van der Waals surface area contributed by atoms with Crippen molar-refractivity contribution in [3.8, 4) is 33.4 Å². The summed E-state index contributed by atoms with van der Waals surface area (Å²) in [6, 6.07) is 56.2. The average Bonchev–Trinajstić information content (AvgIpc) is 3.11. The molecule has 1 nitrogen and oxygen atoms in total. The summed E-state index contributed by atoms with van der Waals surface area (Å²) in [5.74, 6) is 0. The van der Waals surface area contributed by atoms with Gasteiger partial charge in [-0.1, -0.05) is 143 Å². The van der Waals surface area contributed by atoms with Crippen LogP contribution in [-0.4, -0.2) is 0 Å². The fourth-order valence-electron chi connectivity index (χ4n) is 8.24. The van der Waals surface area contributed by atoms with Crippen LogP contribution in [0.2, 0.25) is 0 Å². The Balaban J connectivity index is 1.26. The van der Waals surface area contributed by atoms with Gasteiger partial charge in [-0.25, -0.2) is 0 Å². The molecular formula is C46H37N. The smallest absolute Gasteiger partial charge is 0.0544 e. The number of rotatable bonds is 3. The minimum Gasteiger partial charge on any atom is -0.309 e. The van der Waals surface area contributed by atoms with E-state index in [-0.39, 0.29) is 10.8 Å². The van der Waals surface area contributed by atoms with Gasteiger partial charge >= 0.3 is 0 Å². The molecule has 0 saturated carbocycles. The van der Waals surface area contributed by atoms with Crippen LogP contribution in [0.5, 0.6) is 0 Å². The zero-order valence-corrected chi connectivity index (χ0v) is 27.4. The summed E-state index contributed by atoms with van der Waals surface area (Å²) in [6.07, 6.45) is 0. The molecule has 0 aliphatic carbocycles. The van der Waals surface area contributed by atoms with E-state index in [2.05, 4.69) is 184 Å². The molecule has 0 fully saturated rings. The number of benzene rings is 7. The number of fused-ring (bicyclic) bond motifs is 5. The lowest BCUT2D eigenvalue weighted by Gasteiger charge is -2.49. The molecule has 2 heterocycles. The minimum atomic E-state index is -0.216. The Morgan fingerprint density at radius 1 is 0.383 bits per heavy atom. The molecule has 2 aliphatic heterocycles. The summed E-state index contributed by atoms with van der Waals surface area (Å²) in [5, 5.41) is 2.55. The molecule has 7 aromatic carbocycles. The van der Waals surface area contributed by atoms with Crippen LogP contribution in [-0.2, 0) is 10.8 Å². The third-order valence-electron chi connectivity index (χ3n) is 10.8. The zero-order valence-electron chi connectivity index (χ0n) is 27.4. The highest BCUT2D eigenvalue weighted by atomic mass is 15.2. The van der Waals surface area contributed by atoms with Gasteiger partial charge in [-0.05, 0) is 103 Å². The van der Waals surface area contributed by atoms with E-state index in [1.54, 1.807) is 0 Å². The van der Waals surface area contributed by atoms with E-state index in [0.29, 0.717) is 0 Å². The number of hydrogen-bond donors (Lipinski definition) is 0. The highest BCUT2D eigenvalue weighted by Gasteiger charge is 2.45. The Kier molecular flexibility index (Phi) is 5.96. The van der Waals surface area contributed by atoms with Crippen molar-refractivity contribution in [3.05, 3.63) is 174 Å². The molecule has 0 unspecified atom stereocenters. The second-order valence-electron chi connectivity index (χ2n) is 14.2. The second kappa shape index (κ2) is 10.0. The van der Waals surface area contributed by atoms with Crippen LogP contribution in [0.3, 0.4) is 0 Å². The highest BCUT2D eigenvalue weighted by Crippen LogP contribution is 2.61. The van der Waals surface area contributed by atoms with Crippen molar-refractivity contribution in [2.45, 2.75) is 38.5 Å². The van der Waals surface area contributed by atoms with E-state index in [1.807, 2.05) is 0 Å². The predicted molar refractivity (Wildman–Crippen MR) is 199 cm³/mol. The summed E-state index contributed by atoms with van der Waals surface area (Å²) in [5.41, 5.74) is 16.5. The molecule has 0 aromatic heterocycles. The zero-order chi connectivity index (χ0) is 31.9. The van der Waals surface area contributed by atoms with Gasteiger partial charge in [0, 0.05) is 10.8 Å². The predicted octanol–water partition coefficient (Wildman–Crippen LogP) is 12.6. The van der Waals surface area contributed by atoms with Crippen LogP contribution >= 0.6 is 0 Å². The van der Waals surface area contributed by atoms with E-state index in [0.717, 1.165) is 0 Å². The van der Waals surface area contributed by atoms with Gasteiger partial charge in [-0.15, -0.1) is 0 Å². The van der Waals surface area contributed by atoms with E-state index in [9.17, 15) is 0 Å². The van der Waals surface area contributed by atoms with Crippen molar-refractivity contribution >= 4 is 27.8 Å². The molecule has 2 aliphatic rings. The Labute approximate surface area is 277 Å². The number of para-hydroxylation sites is 1. The number of anilines is 3. The molecule has 0 spiro atoms. The van der Waals surface area contributed by atoms with Gasteiger partial charge in [0.25, 0.3) is 0 Å². The van der Waals surface area contributed by atoms with Crippen molar-refractivity contribution in [2.24, 2.45) is 0 Å². The Hall–Kier alpha value is -5.40. The molecular weight excluding hydrogens is 567 g/mol. The highest BCUT2D eigenvalue weighted by molar-refractivity contribution is 5.98. The number of nitrogens with zero attached hydrogens (tertiary/aromatic N) is 1. The monoisotopic (exact) mass is 603 g/mol. The first-order chi connectivity index (χ1) is 22.8. The first kappa shape index (κ1) is 27.9. The molecule has 7 aromatic rings. The summed E-state index contributed by atoms with van der Waals surface area (Å²) < 4.78 is 0. The van der Waals surface area contributed by atoms with Gasteiger partial charge in [0.1, 0.15) is 0 Å². The van der Waals surface area contributed by atoms with Gasteiger partial charge < -0.3 is 4.90 Å². The van der Waals surface area contributed by atoms with Gasteiger partial charge in [-0.2, -0.15) is 0 Å². The molecule has 47 heavy (non-hydrogen) atoms. The third kappa shape index (κ3) is 4.09. The van der Waals surface area contributed by atoms with Gasteiger partial charge in [0.2, 0.25) is 0 Å². The third-order valence-corrected chi connectivity index (χ3v) is 10.8. The SMILES string of the molecule is CC1(C)c2ccccc2N2c3ccc(-c4cccc(-c5cccc6ccccc56)c4)cc3C(C)(C)c3cc(-c4ccccc4)cc1c32. The lowest BCUT2D eigenvalue weighted by molar-refractivity contribution is 0.598. The number of hydrogen-bond acceptors (Lipinski definition) is 1. The first-order valence-electron chi connectivity index (χ1n) is 16.7. The maximum Gasteiger partial charge on any atom is 0.0544 e. The standard InChI is InChI=1S/C46H37N/c1-45(2)38-22-10-11-23-42(38)47-43-25-24-33(32-18-12-19-34(26-32)37-21-13-17-31-16-8-9-20-36(31)37)27-39(43)46(3,4)41-29-35(28-40(45)44(41)47)30-14-6-5-7-15-30/h5-29H,1-4H3. The molecule has 0 atom stereocenters. The van der Waals surface area contributed by atoms with Crippen LogP contribution < -0.4 is 4.90 Å². The molecule has 0 N–H and O–H groups in total. The fraction of sp³-hybridized carbons (Fsp3) is 0.130. The minimum absolute atomic E-state index is 0.141.